The number of carbonyl (C=O) groups is 1. The molecule has 1 amide bonds. The molecule has 0 spiro atoms. The summed E-state index contributed by atoms with van der Waals surface area (Å²) in [6.45, 7) is 1.97. The largest absolute Gasteiger partial charge is 0.484 e. The Balaban J connectivity index is 1.90. The van der Waals surface area contributed by atoms with Crippen LogP contribution in [-0.2, 0) is 11.2 Å². The van der Waals surface area contributed by atoms with E-state index in [0.29, 0.717) is 15.8 Å². The SMILES string of the molecule is CCc1cccc(NC(=O)COc2ccc(Cl)c(Cl)c2)c1. The van der Waals surface area contributed by atoms with Crippen molar-refractivity contribution in [2.45, 2.75) is 13.3 Å². The van der Waals surface area contributed by atoms with Crippen molar-refractivity contribution in [1.29, 1.82) is 0 Å². The Morgan fingerprint density at radius 2 is 1.95 bits per heavy atom. The first-order valence-corrected chi connectivity index (χ1v) is 7.30. The number of benzene rings is 2. The minimum Gasteiger partial charge on any atom is -0.484 e. The summed E-state index contributed by atoms with van der Waals surface area (Å²) in [5.74, 6) is 0.274. The van der Waals surface area contributed by atoms with E-state index in [-0.39, 0.29) is 12.5 Å². The molecular formula is C16H15Cl2NO2. The van der Waals surface area contributed by atoms with E-state index in [9.17, 15) is 4.79 Å². The third kappa shape index (κ3) is 4.66. The Morgan fingerprint density at radius 3 is 2.67 bits per heavy atom. The highest BCUT2D eigenvalue weighted by Gasteiger charge is 2.05. The number of hydrogen-bond donors (Lipinski definition) is 1. The van der Waals surface area contributed by atoms with Gasteiger partial charge in [0.25, 0.3) is 5.91 Å². The second kappa shape index (κ2) is 7.34. The van der Waals surface area contributed by atoms with Gasteiger partial charge in [-0.15, -0.1) is 0 Å². The second-order valence-electron chi connectivity index (χ2n) is 4.47. The molecule has 0 saturated heterocycles. The molecule has 2 aromatic carbocycles. The van der Waals surface area contributed by atoms with Crippen molar-refractivity contribution in [1.82, 2.24) is 0 Å². The number of aryl methyl sites for hydroxylation is 1. The molecule has 0 aromatic heterocycles. The molecule has 0 atom stereocenters. The highest BCUT2D eigenvalue weighted by molar-refractivity contribution is 6.42. The van der Waals surface area contributed by atoms with Gasteiger partial charge in [0.05, 0.1) is 10.0 Å². The van der Waals surface area contributed by atoms with Gasteiger partial charge in [0.15, 0.2) is 6.61 Å². The lowest BCUT2D eigenvalue weighted by molar-refractivity contribution is -0.118. The number of carbonyl (C=O) groups excluding carboxylic acids is 1. The predicted molar refractivity (Wildman–Crippen MR) is 86.4 cm³/mol. The molecule has 0 radical (unpaired) electrons. The van der Waals surface area contributed by atoms with E-state index in [1.807, 2.05) is 24.3 Å². The Morgan fingerprint density at radius 1 is 1.14 bits per heavy atom. The lowest BCUT2D eigenvalue weighted by Crippen LogP contribution is -2.20. The molecular weight excluding hydrogens is 309 g/mol. The summed E-state index contributed by atoms with van der Waals surface area (Å²) in [4.78, 5) is 11.8. The van der Waals surface area contributed by atoms with E-state index >= 15 is 0 Å². The molecule has 0 aliphatic heterocycles. The maximum absolute atomic E-state index is 11.8. The van der Waals surface area contributed by atoms with E-state index in [1.165, 1.54) is 5.56 Å². The predicted octanol–water partition coefficient (Wildman–Crippen LogP) is 4.57. The molecule has 0 heterocycles. The van der Waals surface area contributed by atoms with Gasteiger partial charge in [-0.05, 0) is 36.2 Å². The van der Waals surface area contributed by atoms with Gasteiger partial charge in [0, 0.05) is 11.8 Å². The van der Waals surface area contributed by atoms with E-state index in [0.717, 1.165) is 12.1 Å². The average Bonchev–Trinajstić information content (AvgIpc) is 2.48. The Labute approximate surface area is 133 Å². The summed E-state index contributed by atoms with van der Waals surface area (Å²) in [5.41, 5.74) is 1.93. The van der Waals surface area contributed by atoms with Crippen molar-refractivity contribution in [2.24, 2.45) is 0 Å². The molecule has 0 aliphatic rings. The molecule has 2 rings (SSSR count). The molecule has 0 fully saturated rings. The zero-order valence-corrected chi connectivity index (χ0v) is 13.0. The van der Waals surface area contributed by atoms with Gasteiger partial charge in [0.2, 0.25) is 0 Å². The number of ether oxygens (including phenoxy) is 1. The Kier molecular flexibility index (Phi) is 5.48. The molecule has 0 saturated carbocycles. The fourth-order valence-corrected chi connectivity index (χ4v) is 2.07. The average molecular weight is 324 g/mol. The van der Waals surface area contributed by atoms with Gasteiger partial charge >= 0.3 is 0 Å². The smallest absolute Gasteiger partial charge is 0.262 e. The van der Waals surface area contributed by atoms with Crippen LogP contribution in [0.3, 0.4) is 0 Å². The van der Waals surface area contributed by atoms with Crippen LogP contribution in [0.2, 0.25) is 10.0 Å². The van der Waals surface area contributed by atoms with Crippen LogP contribution in [0.4, 0.5) is 5.69 Å². The third-order valence-electron chi connectivity index (χ3n) is 2.88. The second-order valence-corrected chi connectivity index (χ2v) is 5.28. The van der Waals surface area contributed by atoms with Crippen LogP contribution in [0.25, 0.3) is 0 Å². The van der Waals surface area contributed by atoms with Gasteiger partial charge in [0.1, 0.15) is 5.75 Å². The van der Waals surface area contributed by atoms with Gasteiger partial charge < -0.3 is 10.1 Å². The summed E-state index contributed by atoms with van der Waals surface area (Å²) in [6.07, 6.45) is 0.920. The van der Waals surface area contributed by atoms with Crippen LogP contribution >= 0.6 is 23.2 Å². The van der Waals surface area contributed by atoms with E-state index < -0.39 is 0 Å². The van der Waals surface area contributed by atoms with E-state index in [1.54, 1.807) is 18.2 Å². The lowest BCUT2D eigenvalue weighted by atomic mass is 10.1. The number of nitrogens with one attached hydrogen (secondary N) is 1. The normalized spacial score (nSPS) is 10.2. The minimum atomic E-state index is -0.227. The lowest BCUT2D eigenvalue weighted by Gasteiger charge is -2.09. The van der Waals surface area contributed by atoms with E-state index in [4.69, 9.17) is 27.9 Å². The molecule has 3 nitrogen and oxygen atoms in total. The fourth-order valence-electron chi connectivity index (χ4n) is 1.78. The van der Waals surface area contributed by atoms with Crippen LogP contribution in [0, 0.1) is 0 Å². The van der Waals surface area contributed by atoms with Crippen LogP contribution < -0.4 is 10.1 Å². The number of hydrogen-bond acceptors (Lipinski definition) is 2. The molecule has 110 valence electrons. The topological polar surface area (TPSA) is 38.3 Å². The molecule has 0 unspecified atom stereocenters. The summed E-state index contributed by atoms with van der Waals surface area (Å²) >= 11 is 11.7. The monoisotopic (exact) mass is 323 g/mol. The van der Waals surface area contributed by atoms with Crippen LogP contribution in [0.15, 0.2) is 42.5 Å². The first-order valence-electron chi connectivity index (χ1n) is 6.55. The first kappa shape index (κ1) is 15.7. The molecule has 5 heteroatoms. The van der Waals surface area contributed by atoms with Gasteiger partial charge in [-0.25, -0.2) is 0 Å². The maximum atomic E-state index is 11.8. The van der Waals surface area contributed by atoms with Crippen LogP contribution in [-0.4, -0.2) is 12.5 Å². The molecule has 0 aliphatic carbocycles. The maximum Gasteiger partial charge on any atom is 0.262 e. The standard InChI is InChI=1S/C16H15Cl2NO2/c1-2-11-4-3-5-12(8-11)19-16(20)10-21-13-6-7-14(17)15(18)9-13/h3-9H,2,10H2,1H3,(H,19,20). The molecule has 21 heavy (non-hydrogen) atoms. The van der Waals surface area contributed by atoms with Crippen molar-refractivity contribution in [3.05, 3.63) is 58.1 Å². The van der Waals surface area contributed by atoms with Gasteiger partial charge in [-0.3, -0.25) is 4.79 Å². The number of halogens is 2. The zero-order valence-electron chi connectivity index (χ0n) is 11.5. The Bertz CT molecular complexity index is 644. The van der Waals surface area contributed by atoms with Gasteiger partial charge in [-0.1, -0.05) is 42.3 Å². The fraction of sp³-hybridized carbons (Fsp3) is 0.188. The van der Waals surface area contributed by atoms with Crippen LogP contribution in [0.1, 0.15) is 12.5 Å². The first-order chi connectivity index (χ1) is 10.1. The molecule has 2 aromatic rings. The van der Waals surface area contributed by atoms with Gasteiger partial charge in [-0.2, -0.15) is 0 Å². The summed E-state index contributed by atoms with van der Waals surface area (Å²) in [5, 5.41) is 3.63. The highest BCUT2D eigenvalue weighted by Crippen LogP contribution is 2.26. The van der Waals surface area contributed by atoms with Crippen molar-refractivity contribution >= 4 is 34.8 Å². The van der Waals surface area contributed by atoms with Crippen molar-refractivity contribution in [2.75, 3.05) is 11.9 Å². The number of anilines is 1. The summed E-state index contributed by atoms with van der Waals surface area (Å²) < 4.78 is 5.38. The molecule has 1 N–H and O–H groups in total. The minimum absolute atomic E-state index is 0.0890. The van der Waals surface area contributed by atoms with Crippen molar-refractivity contribution in [3.8, 4) is 5.75 Å². The number of amides is 1. The van der Waals surface area contributed by atoms with Crippen molar-refractivity contribution < 1.29 is 9.53 Å². The third-order valence-corrected chi connectivity index (χ3v) is 3.62. The van der Waals surface area contributed by atoms with E-state index in [2.05, 4.69) is 12.2 Å². The Hall–Kier alpha value is -1.71. The van der Waals surface area contributed by atoms with Crippen molar-refractivity contribution in [3.63, 3.8) is 0 Å². The quantitative estimate of drug-likeness (QED) is 0.875. The highest BCUT2D eigenvalue weighted by atomic mass is 35.5. The summed E-state index contributed by atoms with van der Waals surface area (Å²) in [7, 11) is 0. The number of rotatable bonds is 5. The zero-order chi connectivity index (χ0) is 15.2. The molecule has 0 bridgehead atoms. The summed E-state index contributed by atoms with van der Waals surface area (Å²) in [6, 6.07) is 12.6. The van der Waals surface area contributed by atoms with Crippen LogP contribution in [0.5, 0.6) is 5.75 Å².